The number of nitrogens with zero attached hydrogens (tertiary/aromatic N) is 2. The first kappa shape index (κ1) is 14.1. The number of aromatic nitrogens is 2. The first-order valence-corrected chi connectivity index (χ1v) is 6.34. The number of aliphatic hydroxyl groups excluding tert-OH is 1. The highest BCUT2D eigenvalue weighted by Crippen LogP contribution is 2.20. The predicted molar refractivity (Wildman–Crippen MR) is 72.3 cm³/mol. The summed E-state index contributed by atoms with van der Waals surface area (Å²) in [5, 5.41) is 21.8. The lowest BCUT2D eigenvalue weighted by Crippen LogP contribution is -2.04. The molecular weight excluding hydrogens is 260 g/mol. The quantitative estimate of drug-likeness (QED) is 0.752. The highest BCUT2D eigenvalue weighted by atomic mass is 16.5. The number of para-hydroxylation sites is 1. The molecule has 2 rings (SSSR count). The molecule has 0 unspecified atom stereocenters. The van der Waals surface area contributed by atoms with E-state index in [4.69, 9.17) is 14.9 Å². The fourth-order valence-electron chi connectivity index (χ4n) is 1.72. The Bertz CT molecular complexity index is 566. The summed E-state index contributed by atoms with van der Waals surface area (Å²) >= 11 is 0. The third-order valence-corrected chi connectivity index (χ3v) is 2.71. The molecule has 0 atom stereocenters. The largest absolute Gasteiger partial charge is 0.489 e. The molecule has 0 amide bonds. The maximum atomic E-state index is 11.2. The fourth-order valence-corrected chi connectivity index (χ4v) is 1.72. The highest BCUT2D eigenvalue weighted by molar-refractivity contribution is 5.88. The number of carboxylic acid groups (broad SMARTS) is 1. The van der Waals surface area contributed by atoms with E-state index in [2.05, 4.69) is 5.10 Å². The van der Waals surface area contributed by atoms with Gasteiger partial charge in [0.15, 0.2) is 5.75 Å². The Balaban J connectivity index is 2.18. The summed E-state index contributed by atoms with van der Waals surface area (Å²) in [6, 6.07) is 9.22. The van der Waals surface area contributed by atoms with Gasteiger partial charge in [0.1, 0.15) is 0 Å². The van der Waals surface area contributed by atoms with Crippen LogP contribution in [0.3, 0.4) is 0 Å². The number of carboxylic acids is 1. The summed E-state index contributed by atoms with van der Waals surface area (Å²) in [5.41, 5.74) is 0.651. The second kappa shape index (κ2) is 6.72. The zero-order valence-electron chi connectivity index (χ0n) is 10.9. The Hall–Kier alpha value is -2.34. The first-order chi connectivity index (χ1) is 9.72. The average Bonchev–Trinajstić information content (AvgIpc) is 2.89. The van der Waals surface area contributed by atoms with Gasteiger partial charge in [0.05, 0.1) is 18.5 Å². The van der Waals surface area contributed by atoms with Gasteiger partial charge in [-0.1, -0.05) is 18.2 Å². The molecule has 0 radical (unpaired) electrons. The van der Waals surface area contributed by atoms with Crippen LogP contribution in [0.2, 0.25) is 0 Å². The van der Waals surface area contributed by atoms with Crippen LogP contribution >= 0.6 is 0 Å². The minimum Gasteiger partial charge on any atom is -0.489 e. The third kappa shape index (κ3) is 3.36. The standard InChI is InChI=1S/C14H16N2O4/c17-8-4-5-9-20-12-10-16(15-13(12)14(18)19)11-6-2-1-3-7-11/h1-3,6-7,10,17H,4-5,8-9H2,(H,18,19). The molecule has 0 aliphatic heterocycles. The molecule has 2 aromatic rings. The first-order valence-electron chi connectivity index (χ1n) is 6.34. The Kier molecular flexibility index (Phi) is 4.73. The van der Waals surface area contributed by atoms with Crippen molar-refractivity contribution in [3.63, 3.8) is 0 Å². The smallest absolute Gasteiger partial charge is 0.360 e. The normalized spacial score (nSPS) is 10.4. The van der Waals surface area contributed by atoms with E-state index in [0.29, 0.717) is 19.4 Å². The number of aromatic carboxylic acids is 1. The van der Waals surface area contributed by atoms with Crippen molar-refractivity contribution in [2.45, 2.75) is 12.8 Å². The summed E-state index contributed by atoms with van der Waals surface area (Å²) in [6.07, 6.45) is 2.83. The van der Waals surface area contributed by atoms with Crippen molar-refractivity contribution in [1.29, 1.82) is 0 Å². The van der Waals surface area contributed by atoms with Crippen LogP contribution in [0, 0.1) is 0 Å². The molecule has 1 heterocycles. The molecule has 0 fully saturated rings. The number of rotatable bonds is 7. The SMILES string of the molecule is O=C(O)c1nn(-c2ccccc2)cc1OCCCCO. The van der Waals surface area contributed by atoms with E-state index in [1.807, 2.05) is 30.3 Å². The Morgan fingerprint density at radius 2 is 2.00 bits per heavy atom. The van der Waals surface area contributed by atoms with Gasteiger partial charge in [-0.05, 0) is 25.0 Å². The van der Waals surface area contributed by atoms with Crippen molar-refractivity contribution in [3.05, 3.63) is 42.2 Å². The summed E-state index contributed by atoms with van der Waals surface area (Å²) < 4.78 is 6.90. The van der Waals surface area contributed by atoms with Crippen molar-refractivity contribution in [3.8, 4) is 11.4 Å². The van der Waals surface area contributed by atoms with Crippen LogP contribution in [-0.4, -0.2) is 39.2 Å². The summed E-state index contributed by atoms with van der Waals surface area (Å²) in [4.78, 5) is 11.2. The predicted octanol–water partition coefficient (Wildman–Crippen LogP) is 1.72. The minimum absolute atomic E-state index is 0.0957. The lowest BCUT2D eigenvalue weighted by Gasteiger charge is -2.02. The van der Waals surface area contributed by atoms with Gasteiger partial charge in [0.2, 0.25) is 5.69 Å². The molecule has 0 spiro atoms. The van der Waals surface area contributed by atoms with Gasteiger partial charge in [-0.3, -0.25) is 0 Å². The molecule has 2 N–H and O–H groups in total. The molecule has 0 bridgehead atoms. The number of ether oxygens (including phenoxy) is 1. The molecule has 6 nitrogen and oxygen atoms in total. The van der Waals surface area contributed by atoms with Crippen molar-refractivity contribution < 1.29 is 19.7 Å². The number of unbranched alkanes of at least 4 members (excludes halogenated alkanes) is 1. The van der Waals surface area contributed by atoms with Crippen molar-refractivity contribution in [2.24, 2.45) is 0 Å². The second-order valence-electron chi connectivity index (χ2n) is 4.21. The number of carbonyl (C=O) groups is 1. The fraction of sp³-hybridized carbons (Fsp3) is 0.286. The molecule has 0 saturated heterocycles. The van der Waals surface area contributed by atoms with E-state index in [1.54, 1.807) is 6.20 Å². The number of aliphatic hydroxyl groups is 1. The maximum Gasteiger partial charge on any atom is 0.360 e. The van der Waals surface area contributed by atoms with E-state index in [9.17, 15) is 4.79 Å². The third-order valence-electron chi connectivity index (χ3n) is 2.71. The maximum absolute atomic E-state index is 11.2. The van der Waals surface area contributed by atoms with E-state index in [0.717, 1.165) is 5.69 Å². The van der Waals surface area contributed by atoms with E-state index in [1.165, 1.54) is 4.68 Å². The molecule has 0 saturated carbocycles. The highest BCUT2D eigenvalue weighted by Gasteiger charge is 2.17. The lowest BCUT2D eigenvalue weighted by atomic mass is 10.3. The van der Waals surface area contributed by atoms with Gasteiger partial charge in [-0.25, -0.2) is 9.48 Å². The van der Waals surface area contributed by atoms with Gasteiger partial charge >= 0.3 is 5.97 Å². The second-order valence-corrected chi connectivity index (χ2v) is 4.21. The molecule has 0 aliphatic rings. The monoisotopic (exact) mass is 276 g/mol. The van der Waals surface area contributed by atoms with Gasteiger partial charge in [0, 0.05) is 6.61 Å². The van der Waals surface area contributed by atoms with Crippen molar-refractivity contribution >= 4 is 5.97 Å². The molecule has 106 valence electrons. The van der Waals surface area contributed by atoms with E-state index in [-0.39, 0.29) is 18.1 Å². The lowest BCUT2D eigenvalue weighted by molar-refractivity contribution is 0.0685. The summed E-state index contributed by atoms with van der Waals surface area (Å²) in [7, 11) is 0. The summed E-state index contributed by atoms with van der Waals surface area (Å²) in [5.74, 6) is -0.892. The molecule has 1 aromatic heterocycles. The number of hydrogen-bond donors (Lipinski definition) is 2. The Morgan fingerprint density at radius 1 is 1.25 bits per heavy atom. The molecule has 0 aliphatic carbocycles. The molecule has 6 heteroatoms. The number of benzene rings is 1. The number of hydrogen-bond acceptors (Lipinski definition) is 4. The van der Waals surface area contributed by atoms with Crippen molar-refractivity contribution in [2.75, 3.05) is 13.2 Å². The van der Waals surface area contributed by atoms with E-state index < -0.39 is 5.97 Å². The van der Waals surface area contributed by atoms with Crippen LogP contribution in [0.5, 0.6) is 5.75 Å². The Morgan fingerprint density at radius 3 is 2.65 bits per heavy atom. The van der Waals surface area contributed by atoms with Gasteiger partial charge < -0.3 is 14.9 Å². The van der Waals surface area contributed by atoms with Gasteiger partial charge in [-0.2, -0.15) is 5.10 Å². The Labute approximate surface area is 116 Å². The molecule has 20 heavy (non-hydrogen) atoms. The molecular formula is C14H16N2O4. The molecule has 1 aromatic carbocycles. The van der Waals surface area contributed by atoms with Crippen LogP contribution in [0.15, 0.2) is 36.5 Å². The topological polar surface area (TPSA) is 84.6 Å². The van der Waals surface area contributed by atoms with Crippen molar-refractivity contribution in [1.82, 2.24) is 9.78 Å². The van der Waals surface area contributed by atoms with Gasteiger partial charge in [-0.15, -0.1) is 0 Å². The zero-order chi connectivity index (χ0) is 14.4. The van der Waals surface area contributed by atoms with Crippen LogP contribution in [0.4, 0.5) is 0 Å². The summed E-state index contributed by atoms with van der Waals surface area (Å²) in [6.45, 7) is 0.444. The van der Waals surface area contributed by atoms with Crippen LogP contribution in [0.1, 0.15) is 23.3 Å². The van der Waals surface area contributed by atoms with Gasteiger partial charge in [0.25, 0.3) is 0 Å². The van der Waals surface area contributed by atoms with Crippen LogP contribution < -0.4 is 4.74 Å². The average molecular weight is 276 g/mol. The zero-order valence-corrected chi connectivity index (χ0v) is 10.9. The van der Waals surface area contributed by atoms with Crippen LogP contribution in [-0.2, 0) is 0 Å². The van der Waals surface area contributed by atoms with Crippen LogP contribution in [0.25, 0.3) is 5.69 Å². The van der Waals surface area contributed by atoms with E-state index >= 15 is 0 Å². The minimum atomic E-state index is -1.13.